The first-order valence-corrected chi connectivity index (χ1v) is 10.1. The Bertz CT molecular complexity index is 996. The minimum absolute atomic E-state index is 0.116. The molecule has 0 saturated carbocycles. The Balaban J connectivity index is 1.53. The lowest BCUT2D eigenvalue weighted by atomic mass is 10.3. The number of rotatable bonds is 3. The number of piperazine rings is 1. The SMILES string of the molecule is O=S(=O)(c1ccc(F)cc1)N1CCN(c2ncnc3ccsc23)CC1. The van der Waals surface area contributed by atoms with Gasteiger partial charge in [-0.3, -0.25) is 0 Å². The molecule has 1 saturated heterocycles. The molecule has 1 fully saturated rings. The summed E-state index contributed by atoms with van der Waals surface area (Å²) in [6.45, 7) is 1.81. The Labute approximate surface area is 148 Å². The second-order valence-electron chi connectivity index (χ2n) is 5.68. The number of benzene rings is 1. The van der Waals surface area contributed by atoms with E-state index >= 15 is 0 Å². The molecule has 3 aromatic rings. The number of nitrogens with zero attached hydrogens (tertiary/aromatic N) is 4. The fourth-order valence-corrected chi connectivity index (χ4v) is 5.18. The number of thiophene rings is 1. The Morgan fingerprint density at radius 2 is 1.72 bits per heavy atom. The smallest absolute Gasteiger partial charge is 0.243 e. The monoisotopic (exact) mass is 378 g/mol. The highest BCUT2D eigenvalue weighted by atomic mass is 32.2. The third-order valence-electron chi connectivity index (χ3n) is 4.21. The number of hydrogen-bond donors (Lipinski definition) is 0. The first-order chi connectivity index (χ1) is 12.1. The van der Waals surface area contributed by atoms with Crippen LogP contribution >= 0.6 is 11.3 Å². The lowest BCUT2D eigenvalue weighted by Crippen LogP contribution is -2.48. The quantitative estimate of drug-likeness (QED) is 0.700. The van der Waals surface area contributed by atoms with Gasteiger partial charge < -0.3 is 4.90 Å². The molecule has 0 atom stereocenters. The predicted octanol–water partition coefficient (Wildman–Crippen LogP) is 2.34. The average Bonchev–Trinajstić information content (AvgIpc) is 3.11. The summed E-state index contributed by atoms with van der Waals surface area (Å²) in [6.07, 6.45) is 1.53. The van der Waals surface area contributed by atoms with Gasteiger partial charge in [0.1, 0.15) is 18.0 Å². The van der Waals surface area contributed by atoms with Crippen molar-refractivity contribution < 1.29 is 12.8 Å². The van der Waals surface area contributed by atoms with E-state index in [1.54, 1.807) is 11.3 Å². The summed E-state index contributed by atoms with van der Waals surface area (Å²) >= 11 is 1.58. The largest absolute Gasteiger partial charge is 0.353 e. The first kappa shape index (κ1) is 16.4. The molecule has 0 radical (unpaired) electrons. The van der Waals surface area contributed by atoms with E-state index in [1.807, 2.05) is 11.4 Å². The van der Waals surface area contributed by atoms with Crippen molar-refractivity contribution in [3.05, 3.63) is 47.9 Å². The minimum Gasteiger partial charge on any atom is -0.353 e. The van der Waals surface area contributed by atoms with Crippen molar-refractivity contribution >= 4 is 37.4 Å². The van der Waals surface area contributed by atoms with E-state index in [2.05, 4.69) is 14.9 Å². The second kappa shape index (κ2) is 6.32. The van der Waals surface area contributed by atoms with Gasteiger partial charge >= 0.3 is 0 Å². The van der Waals surface area contributed by atoms with Crippen LogP contribution in [0.15, 0.2) is 46.9 Å². The van der Waals surface area contributed by atoms with Crippen LogP contribution in [-0.2, 0) is 10.0 Å². The van der Waals surface area contributed by atoms with Crippen molar-refractivity contribution in [3.8, 4) is 0 Å². The lowest BCUT2D eigenvalue weighted by Gasteiger charge is -2.34. The maximum Gasteiger partial charge on any atom is 0.243 e. The molecule has 0 N–H and O–H groups in total. The summed E-state index contributed by atoms with van der Waals surface area (Å²) in [5, 5.41) is 1.97. The molecule has 4 rings (SSSR count). The fourth-order valence-electron chi connectivity index (χ4n) is 2.90. The van der Waals surface area contributed by atoms with Crippen molar-refractivity contribution in [2.45, 2.75) is 4.90 Å². The first-order valence-electron chi connectivity index (χ1n) is 7.74. The summed E-state index contributed by atoms with van der Waals surface area (Å²) in [6, 6.07) is 6.88. The van der Waals surface area contributed by atoms with E-state index < -0.39 is 15.8 Å². The van der Waals surface area contributed by atoms with Crippen LogP contribution in [0.25, 0.3) is 10.2 Å². The molecule has 1 aliphatic rings. The summed E-state index contributed by atoms with van der Waals surface area (Å²) in [7, 11) is -3.61. The van der Waals surface area contributed by atoms with Crippen LogP contribution in [0.5, 0.6) is 0 Å². The Morgan fingerprint density at radius 1 is 1.00 bits per heavy atom. The number of aromatic nitrogens is 2. The normalized spacial score (nSPS) is 16.4. The third-order valence-corrected chi connectivity index (χ3v) is 7.03. The van der Waals surface area contributed by atoms with Crippen LogP contribution in [0.3, 0.4) is 0 Å². The molecule has 1 aliphatic heterocycles. The zero-order valence-electron chi connectivity index (χ0n) is 13.2. The molecule has 0 amide bonds. The number of hydrogen-bond acceptors (Lipinski definition) is 6. The number of sulfonamides is 1. The van der Waals surface area contributed by atoms with Gasteiger partial charge in [0, 0.05) is 26.2 Å². The summed E-state index contributed by atoms with van der Waals surface area (Å²) < 4.78 is 40.8. The molecule has 25 heavy (non-hydrogen) atoms. The van der Waals surface area contributed by atoms with Crippen LogP contribution < -0.4 is 4.90 Å². The molecular weight excluding hydrogens is 363 g/mol. The van der Waals surface area contributed by atoms with E-state index in [0.29, 0.717) is 26.2 Å². The van der Waals surface area contributed by atoms with Crippen molar-refractivity contribution in [2.24, 2.45) is 0 Å². The van der Waals surface area contributed by atoms with E-state index in [9.17, 15) is 12.8 Å². The van der Waals surface area contributed by atoms with Crippen molar-refractivity contribution in [1.82, 2.24) is 14.3 Å². The highest BCUT2D eigenvalue weighted by molar-refractivity contribution is 7.89. The molecule has 9 heteroatoms. The molecule has 6 nitrogen and oxygen atoms in total. The van der Waals surface area contributed by atoms with Crippen LogP contribution in [0, 0.1) is 5.82 Å². The van der Waals surface area contributed by atoms with Crippen LogP contribution in [0.1, 0.15) is 0 Å². The van der Waals surface area contributed by atoms with Gasteiger partial charge in [0.2, 0.25) is 10.0 Å². The molecule has 1 aromatic carbocycles. The van der Waals surface area contributed by atoms with E-state index in [1.165, 1.54) is 22.8 Å². The highest BCUT2D eigenvalue weighted by Crippen LogP contribution is 2.29. The van der Waals surface area contributed by atoms with Crippen LogP contribution in [0.2, 0.25) is 0 Å². The molecular formula is C16H15FN4O2S2. The standard InChI is InChI=1S/C16H15FN4O2S2/c17-12-1-3-13(4-2-12)25(22,23)21-8-6-20(7-9-21)16-15-14(5-10-24-15)18-11-19-16/h1-5,10-11H,6-9H2. The van der Waals surface area contributed by atoms with Gasteiger partial charge in [-0.25, -0.2) is 22.8 Å². The van der Waals surface area contributed by atoms with Gasteiger partial charge in [0.05, 0.1) is 15.1 Å². The van der Waals surface area contributed by atoms with Gasteiger partial charge in [-0.1, -0.05) is 0 Å². The Kier molecular flexibility index (Phi) is 4.14. The molecule has 0 bridgehead atoms. The Morgan fingerprint density at radius 3 is 2.44 bits per heavy atom. The zero-order chi connectivity index (χ0) is 17.4. The molecule has 0 spiro atoms. The van der Waals surface area contributed by atoms with Gasteiger partial charge in [0.25, 0.3) is 0 Å². The topological polar surface area (TPSA) is 66.4 Å². The van der Waals surface area contributed by atoms with Crippen molar-refractivity contribution in [3.63, 3.8) is 0 Å². The van der Waals surface area contributed by atoms with E-state index in [0.717, 1.165) is 28.2 Å². The lowest BCUT2D eigenvalue weighted by molar-refractivity contribution is 0.384. The van der Waals surface area contributed by atoms with Gasteiger partial charge in [-0.15, -0.1) is 11.3 Å². The third kappa shape index (κ3) is 2.99. The maximum atomic E-state index is 13.0. The van der Waals surface area contributed by atoms with Crippen LogP contribution in [0.4, 0.5) is 10.2 Å². The summed E-state index contributed by atoms with van der Waals surface area (Å²) in [4.78, 5) is 10.8. The molecule has 3 heterocycles. The highest BCUT2D eigenvalue weighted by Gasteiger charge is 2.29. The molecule has 130 valence electrons. The minimum atomic E-state index is -3.61. The van der Waals surface area contributed by atoms with Gasteiger partial charge in [0.15, 0.2) is 0 Å². The summed E-state index contributed by atoms with van der Waals surface area (Å²) in [5.74, 6) is 0.395. The zero-order valence-corrected chi connectivity index (χ0v) is 14.8. The van der Waals surface area contributed by atoms with Crippen LogP contribution in [-0.4, -0.2) is 48.9 Å². The van der Waals surface area contributed by atoms with Crippen molar-refractivity contribution in [1.29, 1.82) is 0 Å². The average molecular weight is 378 g/mol. The number of fused-ring (bicyclic) bond motifs is 1. The molecule has 0 aliphatic carbocycles. The number of halogens is 1. The van der Waals surface area contributed by atoms with Gasteiger partial charge in [-0.2, -0.15) is 4.31 Å². The molecule has 0 unspecified atom stereocenters. The number of anilines is 1. The van der Waals surface area contributed by atoms with Crippen molar-refractivity contribution in [2.75, 3.05) is 31.1 Å². The fraction of sp³-hybridized carbons (Fsp3) is 0.250. The predicted molar refractivity (Wildman–Crippen MR) is 94.8 cm³/mol. The van der Waals surface area contributed by atoms with E-state index in [4.69, 9.17) is 0 Å². The summed E-state index contributed by atoms with van der Waals surface area (Å²) in [5.41, 5.74) is 0.899. The van der Waals surface area contributed by atoms with E-state index in [-0.39, 0.29) is 4.90 Å². The van der Waals surface area contributed by atoms with Gasteiger partial charge in [-0.05, 0) is 35.7 Å². The maximum absolute atomic E-state index is 13.0. The Hall–Kier alpha value is -2.10. The molecule has 2 aromatic heterocycles. The second-order valence-corrected chi connectivity index (χ2v) is 8.53.